The molecule has 9 heteroatoms. The number of rotatable bonds is 4. The highest BCUT2D eigenvalue weighted by atomic mass is 16.5. The van der Waals surface area contributed by atoms with Crippen molar-refractivity contribution < 1.29 is 4.74 Å². The van der Waals surface area contributed by atoms with E-state index in [2.05, 4.69) is 39.2 Å². The van der Waals surface area contributed by atoms with Gasteiger partial charge in [0.15, 0.2) is 5.65 Å². The van der Waals surface area contributed by atoms with Gasteiger partial charge in [0.05, 0.1) is 5.52 Å². The van der Waals surface area contributed by atoms with Gasteiger partial charge in [-0.15, -0.1) is 0 Å². The molecule has 2 aliphatic rings. The zero-order chi connectivity index (χ0) is 25.9. The SMILES string of the molecule is Cc1cc(Nc2nc(C#CC34CC3CN(C)C4)nc3ccc(N)cc23)ccc1Oc1ccn2ncnc2c1. The Balaban J connectivity index is 1.18. The fraction of sp³-hybridized carbons (Fsp3) is 0.241. The molecule has 0 spiro atoms. The molecule has 2 unspecified atom stereocenters. The maximum absolute atomic E-state index is 6.13. The summed E-state index contributed by atoms with van der Waals surface area (Å²) in [6.07, 6.45) is 4.51. The number of nitrogens with zero attached hydrogens (tertiary/aromatic N) is 6. The van der Waals surface area contributed by atoms with E-state index >= 15 is 0 Å². The lowest BCUT2D eigenvalue weighted by molar-refractivity contribution is 0.360. The van der Waals surface area contributed by atoms with Gasteiger partial charge in [0.2, 0.25) is 5.82 Å². The summed E-state index contributed by atoms with van der Waals surface area (Å²) in [5.74, 6) is 10.1. The molecule has 9 nitrogen and oxygen atoms in total. The Morgan fingerprint density at radius 1 is 1.13 bits per heavy atom. The summed E-state index contributed by atoms with van der Waals surface area (Å²) in [5, 5.41) is 8.43. The number of nitrogens with one attached hydrogen (secondary N) is 1. The van der Waals surface area contributed by atoms with E-state index in [0.29, 0.717) is 29.0 Å². The van der Waals surface area contributed by atoms with Gasteiger partial charge in [-0.05, 0) is 80.3 Å². The third-order valence-corrected chi connectivity index (χ3v) is 7.38. The molecule has 0 amide bonds. The summed E-state index contributed by atoms with van der Waals surface area (Å²) in [6.45, 7) is 4.14. The number of anilines is 3. The number of fused-ring (bicyclic) bond motifs is 3. The number of aryl methyl sites for hydroxylation is 1. The first-order valence-corrected chi connectivity index (χ1v) is 12.6. The highest BCUT2D eigenvalue weighted by molar-refractivity contribution is 5.93. The number of nitrogen functional groups attached to an aromatic ring is 1. The van der Waals surface area contributed by atoms with Crippen molar-refractivity contribution in [1.29, 1.82) is 0 Å². The maximum atomic E-state index is 6.13. The number of hydrogen-bond donors (Lipinski definition) is 2. The number of piperidine rings is 1. The van der Waals surface area contributed by atoms with E-state index in [0.717, 1.165) is 46.6 Å². The molecule has 7 rings (SSSR count). The number of benzene rings is 2. The van der Waals surface area contributed by atoms with Crippen LogP contribution in [0.25, 0.3) is 16.6 Å². The van der Waals surface area contributed by atoms with Crippen LogP contribution < -0.4 is 15.8 Å². The van der Waals surface area contributed by atoms with Crippen LogP contribution in [0.4, 0.5) is 17.2 Å². The van der Waals surface area contributed by atoms with E-state index in [9.17, 15) is 0 Å². The van der Waals surface area contributed by atoms with Gasteiger partial charge in [0.25, 0.3) is 0 Å². The monoisotopic (exact) mass is 502 g/mol. The van der Waals surface area contributed by atoms with Gasteiger partial charge in [-0.3, -0.25) is 0 Å². The fourth-order valence-corrected chi connectivity index (χ4v) is 5.37. The van der Waals surface area contributed by atoms with Crippen molar-refractivity contribution in [3.8, 4) is 23.3 Å². The quantitative estimate of drug-likeness (QED) is 0.275. The van der Waals surface area contributed by atoms with Crippen LogP contribution in [0.15, 0.2) is 61.1 Å². The highest BCUT2D eigenvalue weighted by Gasteiger charge is 2.58. The van der Waals surface area contributed by atoms with Crippen LogP contribution in [0.5, 0.6) is 11.5 Å². The van der Waals surface area contributed by atoms with E-state index in [1.54, 1.807) is 4.52 Å². The maximum Gasteiger partial charge on any atom is 0.207 e. The summed E-state index contributed by atoms with van der Waals surface area (Å²) in [5.41, 5.74) is 10.2. The minimum absolute atomic E-state index is 0.105. The van der Waals surface area contributed by atoms with E-state index < -0.39 is 0 Å². The lowest BCUT2D eigenvalue weighted by Gasteiger charge is -2.13. The second kappa shape index (κ2) is 8.43. The molecular weight excluding hydrogens is 476 g/mol. The van der Waals surface area contributed by atoms with E-state index in [1.807, 2.05) is 61.7 Å². The molecule has 1 aliphatic heterocycles. The van der Waals surface area contributed by atoms with Crippen LogP contribution in [0.3, 0.4) is 0 Å². The molecule has 2 fully saturated rings. The van der Waals surface area contributed by atoms with Crippen LogP contribution in [-0.4, -0.2) is 49.6 Å². The average molecular weight is 503 g/mol. The van der Waals surface area contributed by atoms with Crippen molar-refractivity contribution in [2.45, 2.75) is 13.3 Å². The molecule has 1 saturated carbocycles. The van der Waals surface area contributed by atoms with Crippen LogP contribution in [0.1, 0.15) is 17.8 Å². The summed E-state index contributed by atoms with van der Waals surface area (Å²) < 4.78 is 7.82. The Morgan fingerprint density at radius 3 is 2.89 bits per heavy atom. The van der Waals surface area contributed by atoms with E-state index in [4.69, 9.17) is 20.4 Å². The molecule has 1 saturated heterocycles. The van der Waals surface area contributed by atoms with Crippen LogP contribution in [0, 0.1) is 30.1 Å². The Labute approximate surface area is 219 Å². The van der Waals surface area contributed by atoms with Gasteiger partial charge in [-0.2, -0.15) is 5.10 Å². The molecule has 0 radical (unpaired) electrons. The van der Waals surface area contributed by atoms with Crippen molar-refractivity contribution in [2.24, 2.45) is 11.3 Å². The molecular formula is C29H26N8O. The molecule has 3 N–H and O–H groups in total. The summed E-state index contributed by atoms with van der Waals surface area (Å²) >= 11 is 0. The van der Waals surface area contributed by atoms with E-state index in [-0.39, 0.29) is 5.41 Å². The molecule has 38 heavy (non-hydrogen) atoms. The zero-order valence-corrected chi connectivity index (χ0v) is 21.1. The van der Waals surface area contributed by atoms with Gasteiger partial charge in [-0.25, -0.2) is 19.5 Å². The second-order valence-corrected chi connectivity index (χ2v) is 10.3. The average Bonchev–Trinajstić information content (AvgIpc) is 3.20. The van der Waals surface area contributed by atoms with Crippen molar-refractivity contribution in [3.05, 3.63) is 72.4 Å². The Kier molecular flexibility index (Phi) is 5.00. The Hall–Kier alpha value is -4.68. The standard InChI is InChI=1S/C29H26N8O/c1-18-11-21(4-6-25(18)38-22-8-10-37-27(13-22)31-17-32-37)33-28-23-12-20(30)3-5-24(23)34-26(35-28)7-9-29-14-19(29)15-36(2)16-29/h3-6,8,10-13,17,19H,14-16,30H2,1-2H3,(H,33,34,35). The largest absolute Gasteiger partial charge is 0.457 e. The third-order valence-electron chi connectivity index (χ3n) is 7.38. The normalized spacial score (nSPS) is 20.2. The molecule has 5 aromatic rings. The Bertz CT molecular complexity index is 1780. The van der Waals surface area contributed by atoms with Crippen molar-refractivity contribution in [2.75, 3.05) is 31.2 Å². The summed E-state index contributed by atoms with van der Waals surface area (Å²) in [4.78, 5) is 16.1. The van der Waals surface area contributed by atoms with Crippen molar-refractivity contribution in [1.82, 2.24) is 29.5 Å². The molecule has 3 aromatic heterocycles. The summed E-state index contributed by atoms with van der Waals surface area (Å²) in [7, 11) is 2.16. The number of ether oxygens (including phenoxy) is 1. The predicted octanol–water partition coefficient (Wildman–Crippen LogP) is 4.40. The van der Waals surface area contributed by atoms with Crippen molar-refractivity contribution >= 4 is 33.7 Å². The first-order chi connectivity index (χ1) is 18.4. The van der Waals surface area contributed by atoms with Crippen molar-refractivity contribution in [3.63, 3.8) is 0 Å². The van der Waals surface area contributed by atoms with Crippen LogP contribution in [0.2, 0.25) is 0 Å². The fourth-order valence-electron chi connectivity index (χ4n) is 5.37. The van der Waals surface area contributed by atoms with Gasteiger partial charge in [0, 0.05) is 47.5 Å². The minimum Gasteiger partial charge on any atom is -0.457 e. The summed E-state index contributed by atoms with van der Waals surface area (Å²) in [6, 6.07) is 15.3. The third kappa shape index (κ3) is 4.05. The first-order valence-electron chi connectivity index (χ1n) is 12.6. The number of likely N-dealkylation sites (tertiary alicyclic amines) is 1. The molecule has 188 valence electrons. The molecule has 0 bridgehead atoms. The zero-order valence-electron chi connectivity index (χ0n) is 21.1. The molecule has 2 aromatic carbocycles. The highest BCUT2D eigenvalue weighted by Crippen LogP contribution is 2.56. The van der Waals surface area contributed by atoms with Gasteiger partial charge < -0.3 is 20.7 Å². The second-order valence-electron chi connectivity index (χ2n) is 10.3. The predicted molar refractivity (Wildman–Crippen MR) is 146 cm³/mol. The topological polar surface area (TPSA) is 106 Å². The van der Waals surface area contributed by atoms with E-state index in [1.165, 1.54) is 12.7 Å². The first kappa shape index (κ1) is 22.5. The lowest BCUT2D eigenvalue weighted by atomic mass is 10.1. The number of nitrogens with two attached hydrogens (primary N) is 1. The Morgan fingerprint density at radius 2 is 2.05 bits per heavy atom. The number of aromatic nitrogens is 5. The number of pyridine rings is 1. The lowest BCUT2D eigenvalue weighted by Crippen LogP contribution is -2.19. The van der Waals surface area contributed by atoms with Crippen LogP contribution >= 0.6 is 0 Å². The smallest absolute Gasteiger partial charge is 0.207 e. The van der Waals surface area contributed by atoms with Gasteiger partial charge in [-0.1, -0.05) is 5.92 Å². The molecule has 2 atom stereocenters. The van der Waals surface area contributed by atoms with Gasteiger partial charge in [0.1, 0.15) is 23.6 Å². The molecule has 1 aliphatic carbocycles. The van der Waals surface area contributed by atoms with Crippen LogP contribution in [-0.2, 0) is 0 Å². The molecule has 4 heterocycles. The number of hydrogen-bond acceptors (Lipinski definition) is 8. The minimum atomic E-state index is 0.105. The van der Waals surface area contributed by atoms with Gasteiger partial charge >= 0.3 is 0 Å².